The van der Waals surface area contributed by atoms with Crippen molar-refractivity contribution in [3.8, 4) is 0 Å². The fourth-order valence-corrected chi connectivity index (χ4v) is 8.28. The zero-order valence-corrected chi connectivity index (χ0v) is 19.2. The van der Waals surface area contributed by atoms with E-state index in [0.717, 1.165) is 80.0 Å². The molecule has 0 unspecified atom stereocenters. The lowest BCUT2D eigenvalue weighted by Crippen LogP contribution is -2.47. The van der Waals surface area contributed by atoms with Crippen LogP contribution in [0.4, 0.5) is 5.69 Å². The number of amides is 2. The van der Waals surface area contributed by atoms with Gasteiger partial charge in [-0.2, -0.15) is 0 Å². The summed E-state index contributed by atoms with van der Waals surface area (Å²) in [7, 11) is 0. The molecule has 4 saturated carbocycles. The van der Waals surface area contributed by atoms with Gasteiger partial charge >= 0.3 is 0 Å². The summed E-state index contributed by atoms with van der Waals surface area (Å²) in [6, 6.07) is 5.87. The predicted octanol–water partition coefficient (Wildman–Crippen LogP) is 4.23. The molecule has 1 aromatic carbocycles. The first-order chi connectivity index (χ1) is 15.6. The Labute approximate surface area is 191 Å². The van der Waals surface area contributed by atoms with Gasteiger partial charge in [0.2, 0.25) is 5.91 Å². The Bertz CT molecular complexity index is 869. The van der Waals surface area contributed by atoms with E-state index < -0.39 is 0 Å². The Morgan fingerprint density at radius 3 is 2.44 bits per heavy atom. The zero-order valence-electron chi connectivity index (χ0n) is 19.2. The maximum atomic E-state index is 13.2. The van der Waals surface area contributed by atoms with Crippen molar-refractivity contribution in [2.45, 2.75) is 64.2 Å². The second kappa shape index (κ2) is 8.16. The quantitative estimate of drug-likeness (QED) is 0.728. The number of fused-ring (bicyclic) bond motifs is 1. The van der Waals surface area contributed by atoms with Crippen LogP contribution in [0.3, 0.4) is 0 Å². The van der Waals surface area contributed by atoms with E-state index in [4.69, 9.17) is 0 Å². The Morgan fingerprint density at radius 2 is 1.75 bits per heavy atom. The van der Waals surface area contributed by atoms with Crippen molar-refractivity contribution in [3.05, 3.63) is 29.3 Å². The van der Waals surface area contributed by atoms with Crippen LogP contribution in [-0.2, 0) is 11.2 Å². The SMILES string of the molecule is O=C(CC12CC3CC(CC(C3)C1)C2)Nc1cccc2c1CCN(CC1CCNCC1)C2=O. The minimum atomic E-state index is 0.141. The highest BCUT2D eigenvalue weighted by Gasteiger charge is 2.51. The molecule has 0 spiro atoms. The maximum absolute atomic E-state index is 13.2. The van der Waals surface area contributed by atoms with Crippen molar-refractivity contribution in [1.29, 1.82) is 0 Å². The second-order valence-corrected chi connectivity index (χ2v) is 11.7. The Kier molecular flexibility index (Phi) is 5.28. The minimum absolute atomic E-state index is 0.141. The van der Waals surface area contributed by atoms with E-state index in [1.807, 2.05) is 23.1 Å². The molecule has 5 heteroatoms. The molecule has 4 bridgehead atoms. The Balaban J connectivity index is 1.13. The molecule has 2 aliphatic heterocycles. The molecule has 4 aliphatic carbocycles. The van der Waals surface area contributed by atoms with Crippen LogP contribution < -0.4 is 10.6 Å². The van der Waals surface area contributed by atoms with Crippen LogP contribution in [0.15, 0.2) is 18.2 Å². The van der Waals surface area contributed by atoms with E-state index in [1.165, 1.54) is 38.5 Å². The van der Waals surface area contributed by atoms with Crippen molar-refractivity contribution in [1.82, 2.24) is 10.2 Å². The molecule has 0 radical (unpaired) electrons. The third kappa shape index (κ3) is 3.87. The lowest BCUT2D eigenvalue weighted by Gasteiger charge is -2.56. The third-order valence-electron chi connectivity index (χ3n) is 9.24. The second-order valence-electron chi connectivity index (χ2n) is 11.7. The number of hydrogen-bond acceptors (Lipinski definition) is 3. The molecule has 32 heavy (non-hydrogen) atoms. The molecule has 5 fully saturated rings. The topological polar surface area (TPSA) is 61.4 Å². The highest BCUT2D eigenvalue weighted by atomic mass is 16.2. The lowest BCUT2D eigenvalue weighted by atomic mass is 9.49. The molecule has 2 amide bonds. The fourth-order valence-electron chi connectivity index (χ4n) is 8.28. The average molecular weight is 436 g/mol. The third-order valence-corrected chi connectivity index (χ3v) is 9.24. The molecule has 1 aromatic rings. The van der Waals surface area contributed by atoms with Gasteiger partial charge in [-0.1, -0.05) is 6.07 Å². The van der Waals surface area contributed by atoms with Gasteiger partial charge in [0.05, 0.1) is 0 Å². The van der Waals surface area contributed by atoms with E-state index >= 15 is 0 Å². The van der Waals surface area contributed by atoms with E-state index in [2.05, 4.69) is 10.6 Å². The number of rotatable bonds is 5. The normalized spacial score (nSPS) is 33.9. The van der Waals surface area contributed by atoms with Gasteiger partial charge in [0, 0.05) is 30.8 Å². The van der Waals surface area contributed by atoms with E-state index in [-0.39, 0.29) is 17.2 Å². The van der Waals surface area contributed by atoms with Crippen LogP contribution in [0.1, 0.15) is 73.7 Å². The summed E-state index contributed by atoms with van der Waals surface area (Å²) >= 11 is 0. The smallest absolute Gasteiger partial charge is 0.254 e. The summed E-state index contributed by atoms with van der Waals surface area (Å²) < 4.78 is 0. The monoisotopic (exact) mass is 435 g/mol. The van der Waals surface area contributed by atoms with Crippen LogP contribution >= 0.6 is 0 Å². The number of hydrogen-bond donors (Lipinski definition) is 2. The molecule has 1 saturated heterocycles. The Hall–Kier alpha value is -1.88. The number of carbonyl (C=O) groups is 2. The summed E-state index contributed by atoms with van der Waals surface area (Å²) in [6.45, 7) is 3.74. The molecule has 0 aromatic heterocycles. The summed E-state index contributed by atoms with van der Waals surface area (Å²) in [5.41, 5.74) is 2.94. The number of nitrogens with zero attached hydrogens (tertiary/aromatic N) is 1. The van der Waals surface area contributed by atoms with Crippen molar-refractivity contribution in [2.24, 2.45) is 29.1 Å². The first-order valence-corrected chi connectivity index (χ1v) is 13.0. The van der Waals surface area contributed by atoms with E-state index in [0.29, 0.717) is 12.3 Å². The van der Waals surface area contributed by atoms with Crippen molar-refractivity contribution < 1.29 is 9.59 Å². The number of nitrogens with one attached hydrogen (secondary N) is 2. The minimum Gasteiger partial charge on any atom is -0.338 e. The van der Waals surface area contributed by atoms with Gasteiger partial charge in [-0.3, -0.25) is 9.59 Å². The maximum Gasteiger partial charge on any atom is 0.254 e. The van der Waals surface area contributed by atoms with Gasteiger partial charge in [0.15, 0.2) is 0 Å². The van der Waals surface area contributed by atoms with Crippen LogP contribution in [0.5, 0.6) is 0 Å². The standard InChI is InChI=1S/C27H37N3O2/c31-25(16-27-13-19-10-20(14-27)12-21(11-19)15-27)29-24-3-1-2-23-22(24)6-9-30(26(23)32)17-18-4-7-28-8-5-18/h1-3,18-21,28H,4-17H2,(H,29,31). The summed E-state index contributed by atoms with van der Waals surface area (Å²) in [4.78, 5) is 28.4. The van der Waals surface area contributed by atoms with Crippen LogP contribution in [0.25, 0.3) is 0 Å². The number of piperidine rings is 1. The molecule has 0 atom stereocenters. The summed E-state index contributed by atoms with van der Waals surface area (Å²) in [5, 5.41) is 6.65. The molecular weight excluding hydrogens is 398 g/mol. The van der Waals surface area contributed by atoms with Gasteiger partial charge in [-0.05, 0) is 118 Å². The van der Waals surface area contributed by atoms with Crippen molar-refractivity contribution in [3.63, 3.8) is 0 Å². The lowest BCUT2D eigenvalue weighted by molar-refractivity contribution is -0.124. The molecule has 2 heterocycles. The Morgan fingerprint density at radius 1 is 1.06 bits per heavy atom. The molecular formula is C27H37N3O2. The highest BCUT2D eigenvalue weighted by Crippen LogP contribution is 2.61. The zero-order chi connectivity index (χ0) is 21.7. The van der Waals surface area contributed by atoms with E-state index in [1.54, 1.807) is 0 Å². The number of benzene rings is 1. The summed E-state index contributed by atoms with van der Waals surface area (Å²) in [5.74, 6) is 3.49. The van der Waals surface area contributed by atoms with Gasteiger partial charge in [0.1, 0.15) is 0 Å². The molecule has 2 N–H and O–H groups in total. The average Bonchev–Trinajstić information content (AvgIpc) is 2.75. The van der Waals surface area contributed by atoms with Crippen molar-refractivity contribution >= 4 is 17.5 Å². The summed E-state index contributed by atoms with van der Waals surface area (Å²) in [6.07, 6.45) is 11.8. The van der Waals surface area contributed by atoms with Gasteiger partial charge in [-0.25, -0.2) is 0 Å². The first kappa shape index (κ1) is 20.7. The van der Waals surface area contributed by atoms with Gasteiger partial charge in [0.25, 0.3) is 5.91 Å². The van der Waals surface area contributed by atoms with Crippen LogP contribution in [-0.4, -0.2) is 42.9 Å². The number of carbonyl (C=O) groups excluding carboxylic acids is 2. The molecule has 7 rings (SSSR count). The van der Waals surface area contributed by atoms with Gasteiger partial charge < -0.3 is 15.5 Å². The molecule has 5 nitrogen and oxygen atoms in total. The molecule has 6 aliphatic rings. The van der Waals surface area contributed by atoms with Crippen LogP contribution in [0, 0.1) is 29.1 Å². The van der Waals surface area contributed by atoms with Crippen LogP contribution in [0.2, 0.25) is 0 Å². The van der Waals surface area contributed by atoms with E-state index in [9.17, 15) is 9.59 Å². The molecule has 172 valence electrons. The highest BCUT2D eigenvalue weighted by molar-refractivity contribution is 6.00. The predicted molar refractivity (Wildman–Crippen MR) is 125 cm³/mol. The fraction of sp³-hybridized carbons (Fsp3) is 0.704. The first-order valence-electron chi connectivity index (χ1n) is 13.0. The van der Waals surface area contributed by atoms with Gasteiger partial charge in [-0.15, -0.1) is 0 Å². The van der Waals surface area contributed by atoms with Crippen molar-refractivity contribution in [2.75, 3.05) is 31.5 Å². The largest absolute Gasteiger partial charge is 0.338 e. The number of anilines is 1.